The highest BCUT2D eigenvalue weighted by atomic mass is 16.5. The van der Waals surface area contributed by atoms with Crippen LogP contribution < -0.4 is 0 Å². The van der Waals surface area contributed by atoms with Crippen LogP contribution in [0.1, 0.15) is 64.2 Å². The lowest BCUT2D eigenvalue weighted by molar-refractivity contribution is -0.130. The van der Waals surface area contributed by atoms with Crippen molar-refractivity contribution in [1.82, 2.24) is 0 Å². The molecule has 2 fully saturated rings. The zero-order chi connectivity index (χ0) is 11.2. The molecule has 2 aliphatic rings. The molecule has 0 aliphatic heterocycles. The van der Waals surface area contributed by atoms with E-state index >= 15 is 0 Å². The van der Waals surface area contributed by atoms with Gasteiger partial charge in [-0.2, -0.15) is 0 Å². The van der Waals surface area contributed by atoms with E-state index in [2.05, 4.69) is 0 Å². The zero-order valence-electron chi connectivity index (χ0n) is 10.1. The van der Waals surface area contributed by atoms with Crippen molar-refractivity contribution in [1.29, 1.82) is 0 Å². The third-order valence-corrected chi connectivity index (χ3v) is 4.22. The van der Waals surface area contributed by atoms with Crippen LogP contribution in [0.15, 0.2) is 0 Å². The lowest BCUT2D eigenvalue weighted by Gasteiger charge is -2.32. The SMILES string of the molecule is O=CO[C]1CCCCC1CC1CCCCC1. The molecule has 0 aromatic heterocycles. The maximum Gasteiger partial charge on any atom is 0.293 e. The van der Waals surface area contributed by atoms with E-state index in [-0.39, 0.29) is 0 Å². The molecule has 2 rings (SSSR count). The second-order valence-corrected chi connectivity index (χ2v) is 5.36. The molecule has 0 amide bonds. The summed E-state index contributed by atoms with van der Waals surface area (Å²) in [5, 5.41) is 0. The summed E-state index contributed by atoms with van der Waals surface area (Å²) in [4.78, 5) is 10.5. The standard InChI is InChI=1S/C14H23O2/c15-11-16-14-9-5-4-8-13(14)10-12-6-2-1-3-7-12/h11-13H,1-10H2. The number of carbonyl (C=O) groups is 1. The van der Waals surface area contributed by atoms with Gasteiger partial charge in [0, 0.05) is 5.92 Å². The fourth-order valence-electron chi connectivity index (χ4n) is 3.35. The summed E-state index contributed by atoms with van der Waals surface area (Å²) in [6.45, 7) is 0.620. The molecular weight excluding hydrogens is 200 g/mol. The van der Waals surface area contributed by atoms with Gasteiger partial charge in [0.25, 0.3) is 6.47 Å². The topological polar surface area (TPSA) is 26.3 Å². The molecule has 91 valence electrons. The first kappa shape index (κ1) is 11.9. The fourth-order valence-corrected chi connectivity index (χ4v) is 3.35. The maximum absolute atomic E-state index is 10.5. The largest absolute Gasteiger partial charge is 0.457 e. The molecule has 1 radical (unpaired) electrons. The van der Waals surface area contributed by atoms with Crippen LogP contribution in [-0.4, -0.2) is 6.47 Å². The highest BCUT2D eigenvalue weighted by molar-refractivity contribution is 5.39. The Morgan fingerprint density at radius 2 is 1.81 bits per heavy atom. The molecule has 2 aliphatic carbocycles. The van der Waals surface area contributed by atoms with Gasteiger partial charge in [-0.05, 0) is 31.6 Å². The van der Waals surface area contributed by atoms with Crippen molar-refractivity contribution in [2.45, 2.75) is 64.2 Å². The summed E-state index contributed by atoms with van der Waals surface area (Å²) in [7, 11) is 0. The molecule has 2 heteroatoms. The average molecular weight is 223 g/mol. The van der Waals surface area contributed by atoms with Crippen LogP contribution in [0.25, 0.3) is 0 Å². The minimum absolute atomic E-state index is 0.571. The van der Waals surface area contributed by atoms with Gasteiger partial charge in [-0.3, -0.25) is 4.79 Å². The predicted octanol–water partition coefficient (Wildman–Crippen LogP) is 3.85. The monoisotopic (exact) mass is 223 g/mol. The van der Waals surface area contributed by atoms with Gasteiger partial charge in [-0.1, -0.05) is 38.5 Å². The number of carbonyl (C=O) groups excluding carboxylic acids is 1. The van der Waals surface area contributed by atoms with Crippen LogP contribution in [0.4, 0.5) is 0 Å². The van der Waals surface area contributed by atoms with Gasteiger partial charge in [0.05, 0.1) is 0 Å². The van der Waals surface area contributed by atoms with E-state index in [4.69, 9.17) is 4.74 Å². The van der Waals surface area contributed by atoms with Crippen molar-refractivity contribution in [2.75, 3.05) is 0 Å². The highest BCUT2D eigenvalue weighted by Gasteiger charge is 2.30. The van der Waals surface area contributed by atoms with Crippen LogP contribution in [0.2, 0.25) is 0 Å². The van der Waals surface area contributed by atoms with Gasteiger partial charge in [-0.25, -0.2) is 0 Å². The summed E-state index contributed by atoms with van der Waals surface area (Å²) in [5.74, 6) is 1.46. The molecule has 2 nitrogen and oxygen atoms in total. The minimum Gasteiger partial charge on any atom is -0.457 e. The molecule has 1 atom stereocenters. The Kier molecular flexibility index (Phi) is 4.68. The number of rotatable bonds is 4. The van der Waals surface area contributed by atoms with Gasteiger partial charge in [0.2, 0.25) is 0 Å². The summed E-state index contributed by atoms with van der Waals surface area (Å²) in [5.41, 5.74) is 0. The van der Waals surface area contributed by atoms with Crippen molar-refractivity contribution < 1.29 is 9.53 Å². The van der Waals surface area contributed by atoms with E-state index < -0.39 is 0 Å². The van der Waals surface area contributed by atoms with Gasteiger partial charge >= 0.3 is 0 Å². The van der Waals surface area contributed by atoms with Crippen LogP contribution in [0, 0.1) is 17.9 Å². The molecule has 2 saturated carbocycles. The van der Waals surface area contributed by atoms with Gasteiger partial charge in [0.1, 0.15) is 0 Å². The molecule has 0 bridgehead atoms. The van der Waals surface area contributed by atoms with E-state index in [0.29, 0.717) is 12.4 Å². The quantitative estimate of drug-likeness (QED) is 0.677. The van der Waals surface area contributed by atoms with E-state index in [1.54, 1.807) is 0 Å². The van der Waals surface area contributed by atoms with E-state index in [1.165, 1.54) is 57.8 Å². The Morgan fingerprint density at radius 3 is 2.56 bits per heavy atom. The molecule has 0 aromatic carbocycles. The maximum atomic E-state index is 10.5. The van der Waals surface area contributed by atoms with Crippen LogP contribution in [-0.2, 0) is 9.53 Å². The van der Waals surface area contributed by atoms with Crippen molar-refractivity contribution in [3.05, 3.63) is 6.10 Å². The molecule has 1 unspecified atom stereocenters. The number of hydrogen-bond donors (Lipinski definition) is 0. The number of hydrogen-bond acceptors (Lipinski definition) is 2. The third kappa shape index (κ3) is 3.23. The first-order chi connectivity index (χ1) is 7.90. The summed E-state index contributed by atoms with van der Waals surface area (Å²) >= 11 is 0. The lowest BCUT2D eigenvalue weighted by atomic mass is 9.76. The summed E-state index contributed by atoms with van der Waals surface area (Å²) in [6.07, 6.45) is 14.1. The second kappa shape index (κ2) is 6.27. The van der Waals surface area contributed by atoms with Gasteiger partial charge in [-0.15, -0.1) is 0 Å². The van der Waals surface area contributed by atoms with Gasteiger partial charge in [0.15, 0.2) is 6.10 Å². The summed E-state index contributed by atoms with van der Waals surface area (Å²) < 4.78 is 5.17. The lowest BCUT2D eigenvalue weighted by Crippen LogP contribution is -2.23. The van der Waals surface area contributed by atoms with E-state index in [0.717, 1.165) is 18.4 Å². The first-order valence-corrected chi connectivity index (χ1v) is 6.86. The van der Waals surface area contributed by atoms with Crippen molar-refractivity contribution >= 4 is 6.47 Å². The predicted molar refractivity (Wildman–Crippen MR) is 63.5 cm³/mol. The van der Waals surface area contributed by atoms with Crippen LogP contribution >= 0.6 is 0 Å². The highest BCUT2D eigenvalue weighted by Crippen LogP contribution is 2.39. The third-order valence-electron chi connectivity index (χ3n) is 4.22. The Morgan fingerprint density at radius 1 is 1.06 bits per heavy atom. The smallest absolute Gasteiger partial charge is 0.293 e. The van der Waals surface area contributed by atoms with Crippen molar-refractivity contribution in [3.8, 4) is 0 Å². The normalized spacial score (nSPS) is 28.9. The van der Waals surface area contributed by atoms with E-state index in [1.807, 2.05) is 0 Å². The Bertz CT molecular complexity index is 209. The molecule has 0 N–H and O–H groups in total. The molecule has 0 saturated heterocycles. The molecule has 0 heterocycles. The molecule has 0 aromatic rings. The molecular formula is C14H23O2. The Labute approximate surface area is 98.7 Å². The zero-order valence-corrected chi connectivity index (χ0v) is 10.1. The molecule has 16 heavy (non-hydrogen) atoms. The molecule has 0 spiro atoms. The van der Waals surface area contributed by atoms with Crippen LogP contribution in [0.5, 0.6) is 0 Å². The fraction of sp³-hybridized carbons (Fsp3) is 0.857. The van der Waals surface area contributed by atoms with Gasteiger partial charge < -0.3 is 4.74 Å². The summed E-state index contributed by atoms with van der Waals surface area (Å²) in [6, 6.07) is 0. The Balaban J connectivity index is 1.82. The number of ether oxygens (including phenoxy) is 1. The second-order valence-electron chi connectivity index (χ2n) is 5.36. The Hall–Kier alpha value is -0.530. The van der Waals surface area contributed by atoms with Crippen molar-refractivity contribution in [3.63, 3.8) is 0 Å². The van der Waals surface area contributed by atoms with Crippen LogP contribution in [0.3, 0.4) is 0 Å². The minimum atomic E-state index is 0.571. The van der Waals surface area contributed by atoms with E-state index in [9.17, 15) is 4.79 Å². The first-order valence-electron chi connectivity index (χ1n) is 6.86. The van der Waals surface area contributed by atoms with Crippen molar-refractivity contribution in [2.24, 2.45) is 11.8 Å². The average Bonchev–Trinajstić information content (AvgIpc) is 2.33.